The smallest absolute Gasteiger partial charge is 0.209 e. The van der Waals surface area contributed by atoms with Crippen LogP contribution in [-0.4, -0.2) is 25.4 Å². The van der Waals surface area contributed by atoms with Gasteiger partial charge in [0.25, 0.3) is 0 Å². The molecule has 0 rings (SSSR count). The van der Waals surface area contributed by atoms with E-state index in [4.69, 9.17) is 0 Å². The van der Waals surface area contributed by atoms with E-state index in [1.54, 1.807) is 37.0 Å². The molecule has 3 nitrogen and oxygen atoms in total. The normalized spacial score (nSPS) is 5.71. The molecular weight excluding hydrogens is 207 g/mol. The monoisotopic (exact) mass is 216 g/mol. The van der Waals surface area contributed by atoms with E-state index >= 15 is 0 Å². The predicted molar refractivity (Wildman–Crippen MR) is 38.0 cm³/mol. The molecule has 0 aromatic heterocycles. The van der Waals surface area contributed by atoms with Crippen molar-refractivity contribution in [3.05, 3.63) is 0 Å². The molecule has 0 unspecified atom stereocenters. The Labute approximate surface area is 57.4 Å². The summed E-state index contributed by atoms with van der Waals surface area (Å²) in [5.74, 6) is 0. The molecule has 0 radical (unpaired) electrons. The first-order valence-corrected chi connectivity index (χ1v) is 2.85. The Hall–Kier alpha value is 0.160. The fraction of sp³-hybridized carbons (Fsp3) is 0.667. The highest BCUT2D eigenvalue weighted by molar-refractivity contribution is 14.1. The van der Waals surface area contributed by atoms with Crippen LogP contribution >= 0.6 is 22.9 Å². The van der Waals surface area contributed by atoms with Crippen molar-refractivity contribution in [1.29, 1.82) is 0 Å². The van der Waals surface area contributed by atoms with Gasteiger partial charge >= 0.3 is 0 Å². The number of rotatable bonds is 1. The summed E-state index contributed by atoms with van der Waals surface area (Å²) in [5, 5.41) is 0. The highest BCUT2D eigenvalue weighted by Crippen LogP contribution is 1.52. The Morgan fingerprint density at radius 3 is 1.71 bits per heavy atom. The standard InChI is InChI=1S/C3H7NO.H2IN/c1-4(2)3-5;1-2/h3H,1-2H3;2H2. The van der Waals surface area contributed by atoms with Gasteiger partial charge in [0.2, 0.25) is 6.41 Å². The summed E-state index contributed by atoms with van der Waals surface area (Å²) in [5.41, 5.74) is 0. The lowest BCUT2D eigenvalue weighted by molar-refractivity contribution is -0.115. The second-order valence-corrected chi connectivity index (χ2v) is 1.07. The average molecular weight is 216 g/mol. The molecule has 4 heteroatoms. The van der Waals surface area contributed by atoms with Crippen molar-refractivity contribution >= 4 is 29.3 Å². The summed E-state index contributed by atoms with van der Waals surface area (Å²) in [6.07, 6.45) is 0.750. The van der Waals surface area contributed by atoms with Gasteiger partial charge in [-0.25, -0.2) is 0 Å². The third-order valence-corrected chi connectivity index (χ3v) is 0.211. The van der Waals surface area contributed by atoms with Crippen molar-refractivity contribution < 1.29 is 4.79 Å². The Bertz CT molecular complexity index is 39.9. The summed E-state index contributed by atoms with van der Waals surface area (Å²) < 4.78 is 4.47. The number of hydrogen-bond acceptors (Lipinski definition) is 2. The van der Waals surface area contributed by atoms with Crippen LogP contribution in [0.5, 0.6) is 0 Å². The van der Waals surface area contributed by atoms with E-state index in [0.717, 1.165) is 6.41 Å². The number of nitrogens with two attached hydrogens (primary N) is 1. The molecule has 0 saturated carbocycles. The van der Waals surface area contributed by atoms with Crippen LogP contribution in [0.15, 0.2) is 0 Å². The van der Waals surface area contributed by atoms with Crippen molar-refractivity contribution in [2.24, 2.45) is 3.95 Å². The van der Waals surface area contributed by atoms with Crippen LogP contribution in [0.2, 0.25) is 0 Å². The highest BCUT2D eigenvalue weighted by Gasteiger charge is 1.68. The Morgan fingerprint density at radius 1 is 1.57 bits per heavy atom. The molecule has 2 N–H and O–H groups in total. The van der Waals surface area contributed by atoms with Crippen molar-refractivity contribution in [3.8, 4) is 0 Å². The fourth-order valence-corrected chi connectivity index (χ4v) is 0. The van der Waals surface area contributed by atoms with Gasteiger partial charge in [0.15, 0.2) is 0 Å². The van der Waals surface area contributed by atoms with Gasteiger partial charge in [-0.1, -0.05) is 0 Å². The minimum atomic E-state index is 0.750. The number of nitrogens with zero attached hydrogens (tertiary/aromatic N) is 1. The van der Waals surface area contributed by atoms with E-state index in [-0.39, 0.29) is 0 Å². The van der Waals surface area contributed by atoms with Crippen LogP contribution in [0.4, 0.5) is 0 Å². The topological polar surface area (TPSA) is 46.3 Å². The molecule has 0 aliphatic carbocycles. The van der Waals surface area contributed by atoms with Crippen LogP contribution in [0.3, 0.4) is 0 Å². The molecule has 0 spiro atoms. The van der Waals surface area contributed by atoms with Gasteiger partial charge in [0.05, 0.1) is 0 Å². The molecule has 44 valence electrons. The second kappa shape index (κ2) is 9.48. The SMILES string of the molecule is CN(C)C=O.NI. The number of halogens is 1. The molecule has 0 bridgehead atoms. The number of hydrogen-bond donors (Lipinski definition) is 1. The molecule has 0 aromatic carbocycles. The number of carbonyl (C=O) groups is 1. The van der Waals surface area contributed by atoms with Gasteiger partial charge in [0, 0.05) is 37.0 Å². The number of carbonyl (C=O) groups excluding carboxylic acids is 1. The molecule has 0 heterocycles. The van der Waals surface area contributed by atoms with Gasteiger partial charge in [-0.3, -0.25) is 8.74 Å². The van der Waals surface area contributed by atoms with Crippen molar-refractivity contribution in [2.75, 3.05) is 14.1 Å². The lowest BCUT2D eigenvalue weighted by Crippen LogP contribution is -2.06. The zero-order valence-corrected chi connectivity index (χ0v) is 6.55. The molecular formula is C3H9IN2O. The minimum Gasteiger partial charge on any atom is -0.351 e. The van der Waals surface area contributed by atoms with Gasteiger partial charge in [-0.05, 0) is 0 Å². The Balaban J connectivity index is 0. The first-order chi connectivity index (χ1) is 3.27. The van der Waals surface area contributed by atoms with E-state index in [1.807, 2.05) is 0 Å². The van der Waals surface area contributed by atoms with Crippen molar-refractivity contribution in [1.82, 2.24) is 4.90 Å². The predicted octanol–water partition coefficient (Wildman–Crippen LogP) is -0.000500. The maximum Gasteiger partial charge on any atom is 0.209 e. The third-order valence-electron chi connectivity index (χ3n) is 0.211. The largest absolute Gasteiger partial charge is 0.351 e. The second-order valence-electron chi connectivity index (χ2n) is 1.07. The zero-order valence-electron chi connectivity index (χ0n) is 4.39. The summed E-state index contributed by atoms with van der Waals surface area (Å²) in [6, 6.07) is 0. The summed E-state index contributed by atoms with van der Waals surface area (Å²) in [4.78, 5) is 10.9. The van der Waals surface area contributed by atoms with Crippen molar-refractivity contribution in [2.45, 2.75) is 0 Å². The van der Waals surface area contributed by atoms with E-state index in [1.165, 1.54) is 4.90 Å². The van der Waals surface area contributed by atoms with Crippen LogP contribution in [-0.2, 0) is 4.79 Å². The molecule has 0 aliphatic heterocycles. The molecule has 0 atom stereocenters. The molecule has 0 saturated heterocycles. The average Bonchev–Trinajstić information content (AvgIpc) is 1.73. The Kier molecular flexibility index (Phi) is 13.8. The highest BCUT2D eigenvalue weighted by atomic mass is 127. The molecule has 0 aromatic rings. The van der Waals surface area contributed by atoms with Gasteiger partial charge in [0.1, 0.15) is 0 Å². The van der Waals surface area contributed by atoms with Crippen LogP contribution in [0, 0.1) is 0 Å². The van der Waals surface area contributed by atoms with Crippen LogP contribution in [0.25, 0.3) is 0 Å². The maximum absolute atomic E-state index is 9.43. The lowest BCUT2D eigenvalue weighted by atomic mass is 11.0. The van der Waals surface area contributed by atoms with E-state index in [0.29, 0.717) is 0 Å². The summed E-state index contributed by atoms with van der Waals surface area (Å²) in [7, 11) is 3.38. The lowest BCUT2D eigenvalue weighted by Gasteiger charge is -1.93. The molecule has 7 heavy (non-hydrogen) atoms. The van der Waals surface area contributed by atoms with E-state index in [2.05, 4.69) is 3.95 Å². The maximum atomic E-state index is 9.43. The molecule has 0 aliphatic rings. The molecule has 1 amide bonds. The van der Waals surface area contributed by atoms with Crippen LogP contribution in [0.1, 0.15) is 0 Å². The van der Waals surface area contributed by atoms with E-state index in [9.17, 15) is 4.79 Å². The first-order valence-electron chi connectivity index (χ1n) is 1.61. The van der Waals surface area contributed by atoms with E-state index < -0.39 is 0 Å². The number of amides is 1. The van der Waals surface area contributed by atoms with Crippen LogP contribution < -0.4 is 3.95 Å². The van der Waals surface area contributed by atoms with Gasteiger partial charge in [-0.15, -0.1) is 0 Å². The summed E-state index contributed by atoms with van der Waals surface area (Å²) >= 11 is 1.65. The van der Waals surface area contributed by atoms with Gasteiger partial charge in [-0.2, -0.15) is 0 Å². The molecule has 0 fully saturated rings. The van der Waals surface area contributed by atoms with Crippen molar-refractivity contribution in [3.63, 3.8) is 0 Å². The fourth-order valence-electron chi connectivity index (χ4n) is 0. The van der Waals surface area contributed by atoms with Gasteiger partial charge < -0.3 is 4.90 Å². The third kappa shape index (κ3) is 22.8. The quantitative estimate of drug-likeness (QED) is 0.381. The first kappa shape index (κ1) is 10.2. The minimum absolute atomic E-state index is 0.750. The zero-order chi connectivity index (χ0) is 6.28. The Morgan fingerprint density at radius 2 is 1.71 bits per heavy atom. The summed E-state index contributed by atoms with van der Waals surface area (Å²) in [6.45, 7) is 0.